The molecule has 25 heavy (non-hydrogen) atoms. The molecule has 1 amide bonds. The monoisotopic (exact) mass is 343 g/mol. The van der Waals surface area contributed by atoms with E-state index in [1.807, 2.05) is 51.0 Å². The van der Waals surface area contributed by atoms with Crippen molar-refractivity contribution in [1.29, 1.82) is 0 Å². The van der Waals surface area contributed by atoms with E-state index in [1.54, 1.807) is 6.92 Å². The summed E-state index contributed by atoms with van der Waals surface area (Å²) in [5, 5.41) is 2.91. The van der Waals surface area contributed by atoms with Crippen LogP contribution in [0.2, 0.25) is 0 Å². The first kappa shape index (κ1) is 18.6. The number of ether oxygens (including phenoxy) is 1. The molecule has 6 heteroatoms. The standard InChI is InChI=1S/C19H25N3O3/c1-7-14-16(19(24)25-6)12(3)17(20-14)18(23)21-15-9-8-13(22(4)5)10-11(15)2/h8-10,20H,7H2,1-6H3,(H,21,23). The molecule has 0 bridgehead atoms. The van der Waals surface area contributed by atoms with Gasteiger partial charge in [0, 0.05) is 31.2 Å². The Hall–Kier alpha value is -2.76. The van der Waals surface area contributed by atoms with E-state index in [-0.39, 0.29) is 5.91 Å². The maximum atomic E-state index is 12.7. The van der Waals surface area contributed by atoms with Crippen LogP contribution in [-0.4, -0.2) is 38.1 Å². The van der Waals surface area contributed by atoms with Gasteiger partial charge in [-0.2, -0.15) is 0 Å². The van der Waals surface area contributed by atoms with E-state index < -0.39 is 5.97 Å². The van der Waals surface area contributed by atoms with Crippen LogP contribution < -0.4 is 10.2 Å². The van der Waals surface area contributed by atoms with Crippen LogP contribution in [0.15, 0.2) is 18.2 Å². The highest BCUT2D eigenvalue weighted by Gasteiger charge is 2.23. The number of carbonyl (C=O) groups excluding carboxylic acids is 2. The lowest BCUT2D eigenvalue weighted by molar-refractivity contribution is 0.0599. The molecule has 0 saturated carbocycles. The first-order valence-electron chi connectivity index (χ1n) is 8.19. The fourth-order valence-corrected chi connectivity index (χ4v) is 2.78. The van der Waals surface area contributed by atoms with Gasteiger partial charge < -0.3 is 19.9 Å². The zero-order valence-electron chi connectivity index (χ0n) is 15.6. The molecular weight excluding hydrogens is 318 g/mol. The van der Waals surface area contributed by atoms with Crippen molar-refractivity contribution in [2.24, 2.45) is 0 Å². The van der Waals surface area contributed by atoms with Gasteiger partial charge in [-0.05, 0) is 49.6 Å². The summed E-state index contributed by atoms with van der Waals surface area (Å²) in [6, 6.07) is 5.83. The number of H-pyrrole nitrogens is 1. The smallest absolute Gasteiger partial charge is 0.339 e. The van der Waals surface area contributed by atoms with Gasteiger partial charge in [-0.1, -0.05) is 6.92 Å². The topological polar surface area (TPSA) is 74.4 Å². The van der Waals surface area contributed by atoms with Gasteiger partial charge in [0.1, 0.15) is 5.69 Å². The fourth-order valence-electron chi connectivity index (χ4n) is 2.78. The van der Waals surface area contributed by atoms with E-state index in [0.29, 0.717) is 28.9 Å². The SMILES string of the molecule is CCc1[nH]c(C(=O)Nc2ccc(N(C)C)cc2C)c(C)c1C(=O)OC. The van der Waals surface area contributed by atoms with Crippen molar-refractivity contribution in [3.05, 3.63) is 46.3 Å². The molecule has 134 valence electrons. The maximum absolute atomic E-state index is 12.7. The van der Waals surface area contributed by atoms with E-state index in [4.69, 9.17) is 4.74 Å². The largest absolute Gasteiger partial charge is 0.465 e. The molecule has 6 nitrogen and oxygen atoms in total. The third-order valence-electron chi connectivity index (χ3n) is 4.27. The van der Waals surface area contributed by atoms with Gasteiger partial charge >= 0.3 is 5.97 Å². The number of hydrogen-bond acceptors (Lipinski definition) is 4. The molecule has 0 spiro atoms. The molecule has 1 heterocycles. The highest BCUT2D eigenvalue weighted by molar-refractivity contribution is 6.07. The Morgan fingerprint density at radius 3 is 2.44 bits per heavy atom. The maximum Gasteiger partial charge on any atom is 0.339 e. The third kappa shape index (κ3) is 3.68. The van der Waals surface area contributed by atoms with Crippen LogP contribution in [0, 0.1) is 13.8 Å². The number of benzene rings is 1. The Labute approximate surface area is 148 Å². The number of methoxy groups -OCH3 is 1. The number of rotatable bonds is 5. The number of aryl methyl sites for hydroxylation is 2. The number of anilines is 2. The predicted molar refractivity (Wildman–Crippen MR) is 99.7 cm³/mol. The van der Waals surface area contributed by atoms with Crippen molar-refractivity contribution in [2.45, 2.75) is 27.2 Å². The number of amides is 1. The molecule has 0 saturated heterocycles. The first-order chi connectivity index (χ1) is 11.8. The third-order valence-corrected chi connectivity index (χ3v) is 4.27. The Kier molecular flexibility index (Phi) is 5.51. The minimum atomic E-state index is -0.434. The van der Waals surface area contributed by atoms with Gasteiger partial charge in [0.15, 0.2) is 0 Å². The first-order valence-corrected chi connectivity index (χ1v) is 8.19. The Morgan fingerprint density at radius 2 is 1.92 bits per heavy atom. The summed E-state index contributed by atoms with van der Waals surface area (Å²) >= 11 is 0. The van der Waals surface area contributed by atoms with Crippen molar-refractivity contribution < 1.29 is 14.3 Å². The average molecular weight is 343 g/mol. The van der Waals surface area contributed by atoms with Gasteiger partial charge in [-0.25, -0.2) is 4.79 Å². The lowest BCUT2D eigenvalue weighted by atomic mass is 10.1. The van der Waals surface area contributed by atoms with Crippen LogP contribution in [0.4, 0.5) is 11.4 Å². The Balaban J connectivity index is 2.33. The van der Waals surface area contributed by atoms with Gasteiger partial charge in [0.25, 0.3) is 5.91 Å². The summed E-state index contributed by atoms with van der Waals surface area (Å²) in [6.07, 6.45) is 0.606. The Bertz CT molecular complexity index is 806. The lowest BCUT2D eigenvalue weighted by Gasteiger charge is -2.15. The number of esters is 1. The molecule has 0 unspecified atom stereocenters. The molecule has 1 aromatic carbocycles. The summed E-state index contributed by atoms with van der Waals surface area (Å²) < 4.78 is 4.83. The minimum Gasteiger partial charge on any atom is -0.465 e. The van der Waals surface area contributed by atoms with Crippen LogP contribution in [-0.2, 0) is 11.2 Å². The number of aromatic amines is 1. The lowest BCUT2D eigenvalue weighted by Crippen LogP contribution is -2.15. The second-order valence-electron chi connectivity index (χ2n) is 6.17. The summed E-state index contributed by atoms with van der Waals surface area (Å²) in [5.74, 6) is -0.709. The second-order valence-corrected chi connectivity index (χ2v) is 6.17. The molecule has 0 aliphatic rings. The van der Waals surface area contributed by atoms with E-state index in [9.17, 15) is 9.59 Å². The van der Waals surface area contributed by atoms with Crippen molar-refractivity contribution in [1.82, 2.24) is 4.98 Å². The highest BCUT2D eigenvalue weighted by Crippen LogP contribution is 2.24. The predicted octanol–water partition coefficient (Wildman–Crippen LogP) is 3.30. The summed E-state index contributed by atoms with van der Waals surface area (Å²) in [4.78, 5) is 29.7. The molecular formula is C19H25N3O3. The molecule has 0 fully saturated rings. The molecule has 2 N–H and O–H groups in total. The van der Waals surface area contributed by atoms with E-state index in [2.05, 4.69) is 10.3 Å². The quantitative estimate of drug-likeness (QED) is 0.817. The zero-order chi connectivity index (χ0) is 18.7. The molecule has 0 radical (unpaired) electrons. The van der Waals surface area contributed by atoms with Crippen LogP contribution in [0.5, 0.6) is 0 Å². The normalized spacial score (nSPS) is 10.5. The average Bonchev–Trinajstić information content (AvgIpc) is 2.92. The van der Waals surface area contributed by atoms with E-state index >= 15 is 0 Å². The number of carbonyl (C=O) groups is 2. The summed E-state index contributed by atoms with van der Waals surface area (Å²) in [5.41, 5.74) is 4.89. The van der Waals surface area contributed by atoms with Crippen molar-refractivity contribution >= 4 is 23.3 Å². The molecule has 1 aromatic heterocycles. The van der Waals surface area contributed by atoms with Crippen LogP contribution in [0.1, 0.15) is 44.6 Å². The summed E-state index contributed by atoms with van der Waals surface area (Å²) in [6.45, 7) is 5.61. The van der Waals surface area contributed by atoms with Crippen LogP contribution in [0.3, 0.4) is 0 Å². The van der Waals surface area contributed by atoms with Crippen LogP contribution in [0.25, 0.3) is 0 Å². The summed E-state index contributed by atoms with van der Waals surface area (Å²) in [7, 11) is 5.27. The van der Waals surface area contributed by atoms with Crippen molar-refractivity contribution in [3.8, 4) is 0 Å². The van der Waals surface area contributed by atoms with E-state index in [1.165, 1.54) is 7.11 Å². The number of aromatic nitrogens is 1. The highest BCUT2D eigenvalue weighted by atomic mass is 16.5. The molecule has 0 atom stereocenters. The van der Waals surface area contributed by atoms with Crippen molar-refractivity contribution in [2.75, 3.05) is 31.4 Å². The van der Waals surface area contributed by atoms with Gasteiger partial charge in [0.2, 0.25) is 0 Å². The molecule has 2 rings (SSSR count). The molecule has 0 aliphatic heterocycles. The van der Waals surface area contributed by atoms with Gasteiger partial charge in [0.05, 0.1) is 12.7 Å². The number of nitrogens with one attached hydrogen (secondary N) is 2. The van der Waals surface area contributed by atoms with Gasteiger partial charge in [-0.15, -0.1) is 0 Å². The fraction of sp³-hybridized carbons (Fsp3) is 0.368. The molecule has 2 aromatic rings. The van der Waals surface area contributed by atoms with Gasteiger partial charge in [-0.3, -0.25) is 4.79 Å². The molecule has 0 aliphatic carbocycles. The Morgan fingerprint density at radius 1 is 1.24 bits per heavy atom. The van der Waals surface area contributed by atoms with E-state index in [0.717, 1.165) is 16.9 Å². The zero-order valence-corrected chi connectivity index (χ0v) is 15.6. The number of nitrogens with zero attached hydrogens (tertiary/aromatic N) is 1. The van der Waals surface area contributed by atoms with Crippen molar-refractivity contribution in [3.63, 3.8) is 0 Å². The number of hydrogen-bond donors (Lipinski definition) is 2. The minimum absolute atomic E-state index is 0.275. The van der Waals surface area contributed by atoms with Crippen LogP contribution >= 0.6 is 0 Å². The second kappa shape index (κ2) is 7.42.